The van der Waals surface area contributed by atoms with E-state index in [1.807, 2.05) is 6.92 Å². The number of piperidine rings is 1. The Labute approximate surface area is 164 Å². The van der Waals surface area contributed by atoms with Crippen molar-refractivity contribution >= 4 is 23.5 Å². The molecule has 0 radical (unpaired) electrons. The third kappa shape index (κ3) is 6.03. The summed E-state index contributed by atoms with van der Waals surface area (Å²) in [7, 11) is 0. The third-order valence-corrected chi connectivity index (χ3v) is 4.59. The van der Waals surface area contributed by atoms with Gasteiger partial charge in [-0.3, -0.25) is 9.59 Å². The number of nitrogens with zero attached hydrogens (tertiary/aromatic N) is 1. The second-order valence-electron chi connectivity index (χ2n) is 6.63. The van der Waals surface area contributed by atoms with E-state index in [1.54, 1.807) is 31.2 Å². The molecule has 2 unspecified atom stereocenters. The van der Waals surface area contributed by atoms with Gasteiger partial charge in [0, 0.05) is 24.4 Å². The van der Waals surface area contributed by atoms with Gasteiger partial charge in [0.1, 0.15) is 12.1 Å². The van der Waals surface area contributed by atoms with Gasteiger partial charge in [-0.1, -0.05) is 6.07 Å². The molecule has 1 fully saturated rings. The summed E-state index contributed by atoms with van der Waals surface area (Å²) < 4.78 is 10.6. The number of benzene rings is 1. The summed E-state index contributed by atoms with van der Waals surface area (Å²) in [4.78, 5) is 37.9. The molecule has 1 aromatic carbocycles. The zero-order chi connectivity index (χ0) is 20.5. The number of amides is 2. The fourth-order valence-electron chi connectivity index (χ4n) is 3.07. The van der Waals surface area contributed by atoms with Crippen molar-refractivity contribution in [3.05, 3.63) is 29.8 Å². The average molecular weight is 392 g/mol. The van der Waals surface area contributed by atoms with Crippen LogP contribution in [0, 0.1) is 0 Å². The first kappa shape index (κ1) is 21.8. The topological polar surface area (TPSA) is 105 Å². The van der Waals surface area contributed by atoms with Crippen molar-refractivity contribution < 1.29 is 29.0 Å². The van der Waals surface area contributed by atoms with Gasteiger partial charge in [-0.2, -0.15) is 0 Å². The number of hydrogen-bond acceptors (Lipinski definition) is 5. The molecule has 8 heteroatoms. The summed E-state index contributed by atoms with van der Waals surface area (Å²) in [6.45, 7) is 5.25. The van der Waals surface area contributed by atoms with Crippen LogP contribution in [-0.4, -0.2) is 66.3 Å². The highest BCUT2D eigenvalue weighted by atomic mass is 16.5. The number of ether oxygens (including phenoxy) is 2. The van der Waals surface area contributed by atoms with E-state index in [0.29, 0.717) is 44.0 Å². The summed E-state index contributed by atoms with van der Waals surface area (Å²) in [5.74, 6) is -1.66. The fraction of sp³-hybridized carbons (Fsp3) is 0.550. The molecule has 8 nitrogen and oxygen atoms in total. The summed E-state index contributed by atoms with van der Waals surface area (Å²) in [5.41, 5.74) is 0.802. The lowest BCUT2D eigenvalue weighted by molar-refractivity contribution is -0.143. The summed E-state index contributed by atoms with van der Waals surface area (Å²) in [6, 6.07) is 5.70. The van der Waals surface area contributed by atoms with Crippen molar-refractivity contribution in [2.45, 2.75) is 45.3 Å². The van der Waals surface area contributed by atoms with Crippen molar-refractivity contribution in [1.82, 2.24) is 4.90 Å². The predicted molar refractivity (Wildman–Crippen MR) is 103 cm³/mol. The van der Waals surface area contributed by atoms with Crippen LogP contribution in [0.5, 0.6) is 0 Å². The van der Waals surface area contributed by atoms with Crippen molar-refractivity contribution in [2.24, 2.45) is 0 Å². The smallest absolute Gasteiger partial charge is 0.326 e. The van der Waals surface area contributed by atoms with E-state index in [1.165, 1.54) is 4.90 Å². The lowest BCUT2D eigenvalue weighted by Crippen LogP contribution is -2.48. The standard InChI is InChI=1S/C20H28N2O6/c1-3-27-11-12-28-14(2)18(23)21-16-8-6-7-15(13-16)19(24)22-10-5-4-9-17(22)20(25)26/h6-8,13-14,17H,3-5,9-12H2,1-2H3,(H,21,23)(H,25,26). The molecule has 28 heavy (non-hydrogen) atoms. The third-order valence-electron chi connectivity index (χ3n) is 4.59. The Morgan fingerprint density at radius 2 is 2.07 bits per heavy atom. The minimum absolute atomic E-state index is 0.312. The normalized spacial score (nSPS) is 17.8. The van der Waals surface area contributed by atoms with Crippen molar-refractivity contribution in [2.75, 3.05) is 31.7 Å². The fourth-order valence-corrected chi connectivity index (χ4v) is 3.07. The molecule has 1 saturated heterocycles. The van der Waals surface area contributed by atoms with Crippen molar-refractivity contribution in [1.29, 1.82) is 0 Å². The second-order valence-corrected chi connectivity index (χ2v) is 6.63. The highest BCUT2D eigenvalue weighted by molar-refractivity contribution is 5.99. The zero-order valence-electron chi connectivity index (χ0n) is 16.3. The van der Waals surface area contributed by atoms with Crippen LogP contribution in [0.15, 0.2) is 24.3 Å². The molecule has 1 heterocycles. The zero-order valence-corrected chi connectivity index (χ0v) is 16.3. The Balaban J connectivity index is 2.00. The molecule has 2 rings (SSSR count). The number of rotatable bonds is 9. The van der Waals surface area contributed by atoms with E-state index in [2.05, 4.69) is 5.32 Å². The van der Waals surface area contributed by atoms with Gasteiger partial charge in [-0.05, 0) is 51.3 Å². The molecule has 0 bridgehead atoms. The Morgan fingerprint density at radius 3 is 2.79 bits per heavy atom. The first-order chi connectivity index (χ1) is 13.4. The minimum atomic E-state index is -0.990. The molecule has 0 aromatic heterocycles. The first-order valence-corrected chi connectivity index (χ1v) is 9.58. The number of carbonyl (C=O) groups excluding carboxylic acids is 2. The van der Waals surface area contributed by atoms with Crippen molar-refractivity contribution in [3.63, 3.8) is 0 Å². The summed E-state index contributed by atoms with van der Waals surface area (Å²) in [5, 5.41) is 12.1. The van der Waals surface area contributed by atoms with Crippen LogP contribution in [0.2, 0.25) is 0 Å². The van der Waals surface area contributed by atoms with Gasteiger partial charge in [0.15, 0.2) is 0 Å². The highest BCUT2D eigenvalue weighted by Gasteiger charge is 2.32. The second kappa shape index (κ2) is 10.8. The van der Waals surface area contributed by atoms with Gasteiger partial charge in [0.2, 0.25) is 0 Å². The van der Waals surface area contributed by atoms with Crippen LogP contribution < -0.4 is 5.32 Å². The van der Waals surface area contributed by atoms with Crippen molar-refractivity contribution in [3.8, 4) is 0 Å². The van der Waals surface area contributed by atoms with Gasteiger partial charge >= 0.3 is 5.97 Å². The van der Waals surface area contributed by atoms with E-state index < -0.39 is 18.1 Å². The maximum Gasteiger partial charge on any atom is 0.326 e. The number of aliphatic carboxylic acids is 1. The number of carboxylic acid groups (broad SMARTS) is 1. The van der Waals surface area contributed by atoms with E-state index >= 15 is 0 Å². The van der Waals surface area contributed by atoms with E-state index in [0.717, 1.165) is 12.8 Å². The van der Waals surface area contributed by atoms with E-state index in [-0.39, 0.29) is 11.8 Å². The van der Waals surface area contributed by atoms with Gasteiger partial charge in [0.05, 0.1) is 13.2 Å². The van der Waals surface area contributed by atoms with Gasteiger partial charge in [0.25, 0.3) is 11.8 Å². The molecule has 0 spiro atoms. The van der Waals surface area contributed by atoms with Crippen LogP contribution in [0.4, 0.5) is 5.69 Å². The van der Waals surface area contributed by atoms with E-state index in [4.69, 9.17) is 9.47 Å². The Hall–Kier alpha value is -2.45. The molecule has 2 atom stereocenters. The first-order valence-electron chi connectivity index (χ1n) is 9.58. The highest BCUT2D eigenvalue weighted by Crippen LogP contribution is 2.21. The maximum absolute atomic E-state index is 12.8. The van der Waals surface area contributed by atoms with Crippen LogP contribution >= 0.6 is 0 Å². The molecule has 1 aromatic rings. The molecule has 154 valence electrons. The van der Waals surface area contributed by atoms with Crippen LogP contribution in [0.3, 0.4) is 0 Å². The van der Waals surface area contributed by atoms with Gasteiger partial charge < -0.3 is 24.8 Å². The van der Waals surface area contributed by atoms with Crippen LogP contribution in [0.1, 0.15) is 43.5 Å². The Morgan fingerprint density at radius 1 is 1.29 bits per heavy atom. The number of nitrogens with one attached hydrogen (secondary N) is 1. The minimum Gasteiger partial charge on any atom is -0.480 e. The summed E-state index contributed by atoms with van der Waals surface area (Å²) >= 11 is 0. The van der Waals surface area contributed by atoms with Crippen LogP contribution in [0.25, 0.3) is 0 Å². The Bertz CT molecular complexity index is 693. The molecular formula is C20H28N2O6. The SMILES string of the molecule is CCOCCOC(C)C(=O)Nc1cccc(C(=O)N2CCCCC2C(=O)O)c1. The lowest BCUT2D eigenvalue weighted by atomic mass is 10.0. The largest absolute Gasteiger partial charge is 0.480 e. The quantitative estimate of drug-likeness (QED) is 0.624. The molecule has 1 aliphatic rings. The number of hydrogen-bond donors (Lipinski definition) is 2. The molecule has 1 aliphatic heterocycles. The molecule has 2 N–H and O–H groups in total. The Kier molecular flexibility index (Phi) is 8.41. The molecule has 0 aliphatic carbocycles. The number of likely N-dealkylation sites (tertiary alicyclic amines) is 1. The van der Waals surface area contributed by atoms with Gasteiger partial charge in [-0.15, -0.1) is 0 Å². The van der Waals surface area contributed by atoms with Crippen LogP contribution in [-0.2, 0) is 19.1 Å². The predicted octanol–water partition coefficient (Wildman–Crippen LogP) is 2.15. The monoisotopic (exact) mass is 392 g/mol. The molecular weight excluding hydrogens is 364 g/mol. The number of carboxylic acids is 1. The van der Waals surface area contributed by atoms with Gasteiger partial charge in [-0.25, -0.2) is 4.79 Å². The summed E-state index contributed by atoms with van der Waals surface area (Å²) in [6.07, 6.45) is 1.35. The number of anilines is 1. The molecule has 2 amide bonds. The number of carbonyl (C=O) groups is 3. The lowest BCUT2D eigenvalue weighted by Gasteiger charge is -2.33. The maximum atomic E-state index is 12.8. The van der Waals surface area contributed by atoms with E-state index in [9.17, 15) is 19.5 Å². The average Bonchev–Trinajstić information content (AvgIpc) is 2.70. The molecule has 0 saturated carbocycles.